The van der Waals surface area contributed by atoms with Gasteiger partial charge >= 0.3 is 142 Å². The minimum Gasteiger partial charge on any atom is 0 e. The Morgan fingerprint density at radius 3 is 2.02 bits per heavy atom. The smallest absolute Gasteiger partial charge is 0 e. The molecule has 4 heterocycles. The van der Waals surface area contributed by atoms with Gasteiger partial charge in [0.15, 0.2) is 0 Å². The maximum Gasteiger partial charge on any atom is 0 e. The van der Waals surface area contributed by atoms with E-state index in [4.69, 9.17) is 14.4 Å². The molecule has 0 atom stereocenters. The zero-order valence-electron chi connectivity index (χ0n) is 38.4. The van der Waals surface area contributed by atoms with E-state index >= 15 is 0 Å². The SMILES string of the molecule is Cc1ccc2c(n1)oc1c(-c3nc4ccccc4n3-c3c(C(C)C)cc(-c4ccccc4)cc3C(C)C)[c-]ccc12.[CH3][Ge]([CH3])([CH3])[c]1cnc(-c2[c-]cccc2)cc1Cc1ccccc1.[Ir]. The Morgan fingerprint density at radius 1 is 0.662 bits per heavy atom. The van der Waals surface area contributed by atoms with Crippen LogP contribution in [0.2, 0.25) is 17.3 Å². The maximum atomic E-state index is 6.44. The van der Waals surface area contributed by atoms with Gasteiger partial charge in [-0.15, -0.1) is 18.2 Å². The molecule has 0 aliphatic rings. The Balaban J connectivity index is 0.000000204. The van der Waals surface area contributed by atoms with Crippen LogP contribution in [0.4, 0.5) is 0 Å². The molecule has 0 aliphatic heterocycles. The molecule has 65 heavy (non-hydrogen) atoms. The van der Waals surface area contributed by atoms with Gasteiger partial charge in [-0.25, -0.2) is 4.98 Å². The second-order valence-corrected chi connectivity index (χ2v) is 28.9. The number of benzene rings is 6. The molecular weight excluding hydrogens is 1030 g/mol. The minimum absolute atomic E-state index is 0. The average Bonchev–Trinajstić information content (AvgIpc) is 3.87. The fraction of sp³-hybridized carbons (Fsp3) is 0.190. The molecule has 0 amide bonds. The minimum atomic E-state index is -1.96. The van der Waals surface area contributed by atoms with E-state index in [1.807, 2.05) is 43.3 Å². The Morgan fingerprint density at radius 2 is 1.34 bits per heavy atom. The summed E-state index contributed by atoms with van der Waals surface area (Å²) < 4.78 is 10.3. The number of furan rings is 1. The quantitative estimate of drug-likeness (QED) is 0.107. The Kier molecular flexibility index (Phi) is 13.5. The molecule has 6 aromatic carbocycles. The van der Waals surface area contributed by atoms with Gasteiger partial charge in [0.05, 0.1) is 22.4 Å². The van der Waals surface area contributed by atoms with Crippen LogP contribution in [0.3, 0.4) is 0 Å². The molecule has 0 spiro atoms. The van der Waals surface area contributed by atoms with Crippen molar-refractivity contribution in [1.82, 2.24) is 19.5 Å². The van der Waals surface area contributed by atoms with Crippen LogP contribution in [0.5, 0.6) is 0 Å². The predicted molar refractivity (Wildman–Crippen MR) is 270 cm³/mol. The third-order valence-corrected chi connectivity index (χ3v) is 16.3. The van der Waals surface area contributed by atoms with Gasteiger partial charge in [0.25, 0.3) is 0 Å². The van der Waals surface area contributed by atoms with Crippen LogP contribution in [0.1, 0.15) is 67.5 Å². The number of hydrogen-bond acceptors (Lipinski definition) is 4. The van der Waals surface area contributed by atoms with Crippen molar-refractivity contribution in [3.05, 3.63) is 198 Å². The second-order valence-electron chi connectivity index (χ2n) is 18.4. The summed E-state index contributed by atoms with van der Waals surface area (Å²) in [5.41, 5.74) is 16.3. The molecule has 10 rings (SSSR count). The number of fused-ring (bicyclic) bond motifs is 4. The summed E-state index contributed by atoms with van der Waals surface area (Å²) in [6.07, 6.45) is 3.09. The number of nitrogens with zero attached hydrogens (tertiary/aromatic N) is 4. The van der Waals surface area contributed by atoms with E-state index in [1.54, 1.807) is 0 Å². The predicted octanol–water partition coefficient (Wildman–Crippen LogP) is 14.7. The van der Waals surface area contributed by atoms with Crippen molar-refractivity contribution in [1.29, 1.82) is 0 Å². The van der Waals surface area contributed by atoms with E-state index in [-0.39, 0.29) is 20.1 Å². The van der Waals surface area contributed by atoms with Gasteiger partial charge in [-0.1, -0.05) is 81.1 Å². The number of pyridine rings is 2. The molecule has 0 saturated heterocycles. The molecule has 1 radical (unpaired) electrons. The van der Waals surface area contributed by atoms with Crippen molar-refractivity contribution in [3.63, 3.8) is 0 Å². The van der Waals surface area contributed by atoms with Gasteiger partial charge in [-0.2, -0.15) is 0 Å². The topological polar surface area (TPSA) is 56.7 Å². The summed E-state index contributed by atoms with van der Waals surface area (Å²) in [6, 6.07) is 59.7. The van der Waals surface area contributed by atoms with E-state index < -0.39 is 13.3 Å². The van der Waals surface area contributed by atoms with E-state index in [9.17, 15) is 0 Å². The van der Waals surface area contributed by atoms with Crippen molar-refractivity contribution in [2.24, 2.45) is 0 Å². The van der Waals surface area contributed by atoms with Crippen LogP contribution in [0.15, 0.2) is 162 Å². The Hall–Kier alpha value is -5.92. The van der Waals surface area contributed by atoms with Crippen LogP contribution in [-0.4, -0.2) is 32.8 Å². The normalized spacial score (nSPS) is 11.6. The average molecular weight is 1090 g/mol. The first kappa shape index (κ1) is 45.6. The van der Waals surface area contributed by atoms with Crippen molar-refractivity contribution in [3.8, 4) is 39.5 Å². The van der Waals surface area contributed by atoms with Crippen LogP contribution in [0, 0.1) is 19.1 Å². The number of aromatic nitrogens is 4. The third kappa shape index (κ3) is 9.44. The molecule has 7 heteroatoms. The molecule has 327 valence electrons. The van der Waals surface area contributed by atoms with Gasteiger partial charge in [0, 0.05) is 36.9 Å². The summed E-state index contributed by atoms with van der Waals surface area (Å²) in [7, 11) is 0. The molecular formula is C58H54GeIrN4O-2. The maximum absolute atomic E-state index is 6.44. The van der Waals surface area contributed by atoms with E-state index in [2.05, 4.69) is 188 Å². The van der Waals surface area contributed by atoms with Crippen LogP contribution < -0.4 is 4.40 Å². The summed E-state index contributed by atoms with van der Waals surface area (Å²) in [5, 5.41) is 2.02. The fourth-order valence-corrected chi connectivity index (χ4v) is 12.1. The second kappa shape index (κ2) is 19.3. The van der Waals surface area contributed by atoms with Gasteiger partial charge in [-0.05, 0) is 77.4 Å². The van der Waals surface area contributed by atoms with Crippen molar-refractivity contribution >= 4 is 50.8 Å². The first-order valence-electron chi connectivity index (χ1n) is 22.4. The fourth-order valence-electron chi connectivity index (χ4n) is 8.75. The largest absolute Gasteiger partial charge is 0 e. The molecule has 5 nitrogen and oxygen atoms in total. The monoisotopic (exact) mass is 1090 g/mol. The zero-order chi connectivity index (χ0) is 44.5. The van der Waals surface area contributed by atoms with Crippen LogP contribution >= 0.6 is 0 Å². The number of rotatable bonds is 9. The zero-order valence-corrected chi connectivity index (χ0v) is 42.9. The van der Waals surface area contributed by atoms with Crippen molar-refractivity contribution in [2.75, 3.05) is 0 Å². The molecule has 0 saturated carbocycles. The Bertz CT molecular complexity index is 3210. The standard InChI is InChI=1S/C37H32N3O.C21H22GeN.Ir/c1-22(2)30-20-26(25-12-7-6-8-13-25)21-31(23(3)4)34(30)40-33-17-10-9-16-32(33)39-36(40)29-15-11-14-27-28-19-18-24(5)38-37(28)41-35(27)29;1-22(2,3)20-16-23-21(18-12-8-5-9-13-18)15-19(20)14-17-10-6-4-7-11-17;/h6-14,16-23H,1-5H3;4-12,15-16H,14H2,1-3H3;/q2*-1;. The molecule has 10 aromatic rings. The molecule has 0 bridgehead atoms. The van der Waals surface area contributed by atoms with E-state index in [1.165, 1.54) is 43.5 Å². The van der Waals surface area contributed by atoms with Crippen molar-refractivity contribution in [2.45, 2.75) is 70.1 Å². The molecule has 0 unspecified atom stereocenters. The van der Waals surface area contributed by atoms with Crippen LogP contribution in [-0.2, 0) is 26.5 Å². The summed E-state index contributed by atoms with van der Waals surface area (Å²) >= 11 is -1.96. The molecule has 0 fully saturated rings. The van der Waals surface area contributed by atoms with Crippen molar-refractivity contribution < 1.29 is 24.5 Å². The van der Waals surface area contributed by atoms with Crippen LogP contribution in [0.25, 0.3) is 72.6 Å². The molecule has 0 aliphatic carbocycles. The Labute approximate surface area is 399 Å². The van der Waals surface area contributed by atoms with E-state index in [0.717, 1.165) is 62.1 Å². The molecule has 4 aromatic heterocycles. The van der Waals surface area contributed by atoms with Gasteiger partial charge in [0.1, 0.15) is 0 Å². The first-order chi connectivity index (χ1) is 30.9. The third-order valence-electron chi connectivity index (χ3n) is 12.0. The molecule has 0 N–H and O–H groups in total. The number of para-hydroxylation sites is 2. The number of hydrogen-bond donors (Lipinski definition) is 0. The van der Waals surface area contributed by atoms with E-state index in [0.29, 0.717) is 17.5 Å². The number of aryl methyl sites for hydroxylation is 1. The van der Waals surface area contributed by atoms with Gasteiger partial charge in [-0.3, -0.25) is 4.98 Å². The number of imidazole rings is 1. The van der Waals surface area contributed by atoms with Gasteiger partial charge < -0.3 is 8.98 Å². The summed E-state index contributed by atoms with van der Waals surface area (Å²) in [6.45, 7) is 11.1. The van der Waals surface area contributed by atoms with Gasteiger partial charge in [0.2, 0.25) is 5.71 Å². The summed E-state index contributed by atoms with van der Waals surface area (Å²) in [5.74, 6) is 8.69. The first-order valence-corrected chi connectivity index (χ1v) is 29.7. The summed E-state index contributed by atoms with van der Waals surface area (Å²) in [4.78, 5) is 14.6.